The van der Waals surface area contributed by atoms with Crippen molar-refractivity contribution in [2.75, 3.05) is 26.7 Å². The lowest BCUT2D eigenvalue weighted by molar-refractivity contribution is -0.138. The summed E-state index contributed by atoms with van der Waals surface area (Å²) in [4.78, 5) is 82.0. The number of amides is 4. The molecule has 7 aromatic rings. The van der Waals surface area contributed by atoms with Crippen molar-refractivity contribution >= 4 is 45.8 Å². The third-order valence-corrected chi connectivity index (χ3v) is 12.0. The van der Waals surface area contributed by atoms with Gasteiger partial charge in [0.05, 0.1) is 70.9 Å². The molecule has 4 amide bonds. The minimum absolute atomic E-state index is 0.147. The van der Waals surface area contributed by atoms with Crippen LogP contribution in [0.4, 0.5) is 4.79 Å². The highest BCUT2D eigenvalue weighted by Gasteiger charge is 2.39. The normalized spacial score (nSPS) is 17.0. The van der Waals surface area contributed by atoms with E-state index in [4.69, 9.17) is 9.97 Å². The number of imidazole rings is 2. The maximum atomic E-state index is 13.6. The van der Waals surface area contributed by atoms with Gasteiger partial charge in [-0.3, -0.25) is 29.4 Å². The molecule has 3 aromatic carbocycles. The van der Waals surface area contributed by atoms with Gasteiger partial charge in [0.15, 0.2) is 5.69 Å². The number of rotatable bonds is 11. The number of fused-ring (bicyclic) bond motifs is 2. The van der Waals surface area contributed by atoms with E-state index in [1.807, 2.05) is 80.6 Å². The van der Waals surface area contributed by atoms with Crippen LogP contribution in [0.2, 0.25) is 0 Å². The number of hydrogen-bond donors (Lipinski definition) is 5. The van der Waals surface area contributed by atoms with Gasteiger partial charge in [-0.1, -0.05) is 62.4 Å². The largest absolute Gasteiger partial charge is 0.465 e. The van der Waals surface area contributed by atoms with Gasteiger partial charge in [0.2, 0.25) is 11.8 Å². The summed E-state index contributed by atoms with van der Waals surface area (Å²) in [7, 11) is 1.44. The van der Waals surface area contributed by atoms with Crippen LogP contribution in [0.15, 0.2) is 85.3 Å². The summed E-state index contributed by atoms with van der Waals surface area (Å²) in [5, 5.41) is 20.0. The summed E-state index contributed by atoms with van der Waals surface area (Å²) in [6.45, 7) is 4.68. The molecule has 2 aliphatic heterocycles. The molecule has 17 nitrogen and oxygen atoms in total. The lowest BCUT2D eigenvalue weighted by Crippen LogP contribution is -2.51. The molecule has 0 aliphatic carbocycles. The van der Waals surface area contributed by atoms with E-state index in [1.165, 1.54) is 7.05 Å². The number of aromatic nitrogens is 8. The van der Waals surface area contributed by atoms with E-state index in [0.29, 0.717) is 30.1 Å². The first-order chi connectivity index (χ1) is 30.0. The van der Waals surface area contributed by atoms with Crippen molar-refractivity contribution in [1.82, 2.24) is 60.1 Å². The van der Waals surface area contributed by atoms with E-state index >= 15 is 0 Å². The third kappa shape index (κ3) is 7.61. The van der Waals surface area contributed by atoms with Gasteiger partial charge in [-0.25, -0.2) is 19.7 Å². The van der Waals surface area contributed by atoms with Gasteiger partial charge in [0, 0.05) is 36.7 Å². The SMILES string of the molecule is CC(C)[C@@H](C(=O)N1CCC[C@H]1c1ncc(-c2ccc(-c3cnc4cc(-c5cnc([C@@H]6CCCN6C(=O)CNC(=O)c6n[nH]c7ccccc67)[nH]5)ccc4n3)cc2)[nH]1)N(C)C(=O)O. The van der Waals surface area contributed by atoms with Gasteiger partial charge in [0.25, 0.3) is 5.91 Å². The number of benzene rings is 3. The summed E-state index contributed by atoms with van der Waals surface area (Å²) in [5.41, 5.74) is 7.47. The zero-order valence-corrected chi connectivity index (χ0v) is 34.5. The Hall–Kier alpha value is -7.43. The van der Waals surface area contributed by atoms with Crippen LogP contribution >= 0.6 is 0 Å². The van der Waals surface area contributed by atoms with Crippen molar-refractivity contribution in [2.24, 2.45) is 5.92 Å². The molecule has 0 saturated carbocycles. The highest BCUT2D eigenvalue weighted by Crippen LogP contribution is 2.35. The number of likely N-dealkylation sites (N-methyl/N-ethyl adjacent to an activating group) is 1. The fourth-order valence-corrected chi connectivity index (χ4v) is 8.77. The fraction of sp³-hybridized carbons (Fsp3) is 0.311. The van der Waals surface area contributed by atoms with Crippen LogP contribution in [0, 0.1) is 5.92 Å². The number of aromatic amines is 3. The Kier molecular flexibility index (Phi) is 10.7. The van der Waals surface area contributed by atoms with Crippen molar-refractivity contribution in [3.63, 3.8) is 0 Å². The second kappa shape index (κ2) is 16.6. The Morgan fingerprint density at radius 1 is 0.806 bits per heavy atom. The Morgan fingerprint density at radius 2 is 1.45 bits per heavy atom. The van der Waals surface area contributed by atoms with Crippen LogP contribution < -0.4 is 5.32 Å². The third-order valence-electron chi connectivity index (χ3n) is 12.0. The molecule has 316 valence electrons. The molecular formula is C45H46N12O5. The fourth-order valence-electron chi connectivity index (χ4n) is 8.77. The molecule has 9 rings (SSSR count). The molecule has 2 aliphatic rings. The zero-order valence-electron chi connectivity index (χ0n) is 34.5. The second-order valence-corrected chi connectivity index (χ2v) is 16.2. The molecule has 0 spiro atoms. The summed E-state index contributed by atoms with van der Waals surface area (Å²) >= 11 is 0. The minimum atomic E-state index is -1.13. The number of nitrogens with one attached hydrogen (secondary N) is 4. The summed E-state index contributed by atoms with van der Waals surface area (Å²) in [6.07, 6.45) is 7.27. The molecule has 0 unspecified atom stereocenters. The molecular weight excluding hydrogens is 789 g/mol. The number of hydrogen-bond acceptors (Lipinski definition) is 9. The molecule has 62 heavy (non-hydrogen) atoms. The lowest BCUT2D eigenvalue weighted by atomic mass is 10.0. The number of carboxylic acid groups (broad SMARTS) is 1. The van der Waals surface area contributed by atoms with Gasteiger partial charge < -0.3 is 30.2 Å². The van der Waals surface area contributed by atoms with Crippen molar-refractivity contribution in [2.45, 2.75) is 57.7 Å². The first kappa shape index (κ1) is 40.0. The minimum Gasteiger partial charge on any atom is -0.465 e. The van der Waals surface area contributed by atoms with Crippen LogP contribution in [0.1, 0.15) is 73.8 Å². The van der Waals surface area contributed by atoms with Crippen LogP contribution in [0.25, 0.3) is 55.7 Å². The molecule has 17 heteroatoms. The second-order valence-electron chi connectivity index (χ2n) is 16.2. The molecule has 4 aromatic heterocycles. The van der Waals surface area contributed by atoms with E-state index in [9.17, 15) is 24.3 Å². The van der Waals surface area contributed by atoms with Gasteiger partial charge >= 0.3 is 6.09 Å². The smallest absolute Gasteiger partial charge is 0.407 e. The molecule has 2 saturated heterocycles. The number of nitrogens with zero attached hydrogens (tertiary/aromatic N) is 8. The maximum absolute atomic E-state index is 13.6. The van der Waals surface area contributed by atoms with Crippen LogP contribution in [-0.4, -0.2) is 116 Å². The van der Waals surface area contributed by atoms with Crippen molar-refractivity contribution in [3.05, 3.63) is 103 Å². The number of H-pyrrole nitrogens is 3. The number of likely N-dealkylation sites (tertiary alicyclic amines) is 2. The van der Waals surface area contributed by atoms with Gasteiger partial charge in [-0.15, -0.1) is 0 Å². The van der Waals surface area contributed by atoms with Crippen molar-refractivity contribution in [1.29, 1.82) is 0 Å². The number of carbonyl (C=O) groups excluding carboxylic acids is 3. The number of carbonyl (C=O) groups is 4. The molecule has 6 heterocycles. The predicted octanol–water partition coefficient (Wildman–Crippen LogP) is 6.34. The highest BCUT2D eigenvalue weighted by molar-refractivity contribution is 6.05. The van der Waals surface area contributed by atoms with E-state index < -0.39 is 18.0 Å². The Balaban J connectivity index is 0.843. The average Bonchev–Trinajstić information content (AvgIpc) is 4.14. The summed E-state index contributed by atoms with van der Waals surface area (Å²) in [6, 6.07) is 19.9. The van der Waals surface area contributed by atoms with Crippen LogP contribution in [0.3, 0.4) is 0 Å². The quantitative estimate of drug-likeness (QED) is 0.0972. The predicted molar refractivity (Wildman–Crippen MR) is 230 cm³/mol. The van der Waals surface area contributed by atoms with Gasteiger partial charge in [-0.05, 0) is 55.4 Å². The molecule has 0 bridgehead atoms. The van der Waals surface area contributed by atoms with Gasteiger partial charge in [-0.2, -0.15) is 5.10 Å². The average molecular weight is 835 g/mol. The van der Waals surface area contributed by atoms with E-state index in [2.05, 4.69) is 35.5 Å². The monoisotopic (exact) mass is 834 g/mol. The lowest BCUT2D eigenvalue weighted by Gasteiger charge is -2.33. The van der Waals surface area contributed by atoms with E-state index in [0.717, 1.165) is 80.9 Å². The Labute approximate surface area is 356 Å². The van der Waals surface area contributed by atoms with Crippen molar-refractivity contribution < 1.29 is 24.3 Å². The topological polar surface area (TPSA) is 222 Å². The first-order valence-corrected chi connectivity index (χ1v) is 20.8. The van der Waals surface area contributed by atoms with Gasteiger partial charge in [0.1, 0.15) is 17.7 Å². The van der Waals surface area contributed by atoms with E-state index in [1.54, 1.807) is 28.4 Å². The molecule has 5 N–H and O–H groups in total. The van der Waals surface area contributed by atoms with Crippen LogP contribution in [0.5, 0.6) is 0 Å². The highest BCUT2D eigenvalue weighted by atomic mass is 16.4. The van der Waals surface area contributed by atoms with Crippen molar-refractivity contribution in [3.8, 4) is 33.8 Å². The number of para-hydroxylation sites is 1. The zero-order chi connectivity index (χ0) is 43.1. The Morgan fingerprint density at radius 3 is 2.16 bits per heavy atom. The summed E-state index contributed by atoms with van der Waals surface area (Å²) < 4.78 is 0. The first-order valence-electron chi connectivity index (χ1n) is 20.8. The molecule has 0 radical (unpaired) electrons. The maximum Gasteiger partial charge on any atom is 0.407 e. The Bertz CT molecular complexity index is 2810. The van der Waals surface area contributed by atoms with Crippen LogP contribution in [-0.2, 0) is 9.59 Å². The standard InChI is InChI=1S/C45H46N12O5/c1-25(2)40(55(3)45(61)62)44(60)57-19-7-11-37(57)42-47-22-34(51-42)27-14-12-26(13-15-27)33-21-46-32-20-28(16-17-31(32)50-33)35-23-48-41(52-35)36-10-6-18-56(36)38(58)24-49-43(59)39-29-8-4-5-9-30(29)53-54-39/h4-5,8-9,12-17,20-23,25,36-37,40H,6-7,10-11,18-19,24H2,1-3H3,(H,47,51)(H,48,52)(H,49,59)(H,53,54)(H,61,62)/t36-,37-,40-/m0/s1. The molecule has 3 atom stereocenters. The summed E-state index contributed by atoms with van der Waals surface area (Å²) in [5.74, 6) is 0.369. The molecule has 2 fully saturated rings. The van der Waals surface area contributed by atoms with E-state index in [-0.39, 0.29) is 42.1 Å².